The van der Waals surface area contributed by atoms with E-state index in [2.05, 4.69) is 0 Å². The number of carbonyl (C=O) groups is 2. The van der Waals surface area contributed by atoms with Gasteiger partial charge in [0, 0.05) is 0 Å². The molecule has 2 atom stereocenters. The SMILES string of the molecule is C[C@@H](O)CC(=O)O.C[C@@H](O)CC(=O)O.O. The summed E-state index contributed by atoms with van der Waals surface area (Å²) in [4.78, 5) is 19.3. The lowest BCUT2D eigenvalue weighted by molar-refractivity contribution is -0.140. The van der Waals surface area contributed by atoms with E-state index >= 15 is 0 Å². The van der Waals surface area contributed by atoms with Gasteiger partial charge in [-0.15, -0.1) is 0 Å². The monoisotopic (exact) mass is 226 g/mol. The van der Waals surface area contributed by atoms with E-state index in [0.717, 1.165) is 0 Å². The van der Waals surface area contributed by atoms with Crippen molar-refractivity contribution in [3.63, 3.8) is 0 Å². The Bertz CT molecular complexity index is 156. The second kappa shape index (κ2) is 10.9. The first-order valence-electron chi connectivity index (χ1n) is 4.05. The number of carboxylic acids is 2. The second-order valence-electron chi connectivity index (χ2n) is 2.89. The number of aliphatic carboxylic acids is 2. The third kappa shape index (κ3) is 32.3. The first-order chi connectivity index (χ1) is 6.25. The highest BCUT2D eigenvalue weighted by Gasteiger charge is 2.00. The quantitative estimate of drug-likeness (QED) is 0.476. The molecule has 0 spiro atoms. The Kier molecular flexibility index (Phi) is 14.1. The fourth-order valence-electron chi connectivity index (χ4n) is 0.505. The Hall–Kier alpha value is -1.18. The number of hydrogen-bond donors (Lipinski definition) is 4. The van der Waals surface area contributed by atoms with Crippen LogP contribution < -0.4 is 0 Å². The predicted molar refractivity (Wildman–Crippen MR) is 51.5 cm³/mol. The van der Waals surface area contributed by atoms with Crippen LogP contribution in [0.5, 0.6) is 0 Å². The van der Waals surface area contributed by atoms with E-state index in [1.165, 1.54) is 13.8 Å². The van der Waals surface area contributed by atoms with Crippen LogP contribution in [0.25, 0.3) is 0 Å². The Morgan fingerprint density at radius 2 is 1.13 bits per heavy atom. The molecule has 0 aromatic carbocycles. The molecule has 7 nitrogen and oxygen atoms in total. The van der Waals surface area contributed by atoms with E-state index in [1.54, 1.807) is 0 Å². The number of aliphatic hydroxyl groups is 2. The molecule has 0 radical (unpaired) electrons. The van der Waals surface area contributed by atoms with Crippen LogP contribution in [-0.4, -0.2) is 50.0 Å². The van der Waals surface area contributed by atoms with Crippen LogP contribution in [0.1, 0.15) is 26.7 Å². The van der Waals surface area contributed by atoms with Crippen LogP contribution >= 0.6 is 0 Å². The first kappa shape index (κ1) is 19.4. The number of hydrogen-bond acceptors (Lipinski definition) is 4. The molecule has 0 saturated carbocycles. The zero-order chi connectivity index (χ0) is 11.7. The molecule has 0 bridgehead atoms. The topological polar surface area (TPSA) is 147 Å². The second-order valence-corrected chi connectivity index (χ2v) is 2.89. The summed E-state index contributed by atoms with van der Waals surface area (Å²) in [5, 5.41) is 32.5. The smallest absolute Gasteiger partial charge is 0.305 e. The highest BCUT2D eigenvalue weighted by Crippen LogP contribution is 1.86. The molecule has 0 unspecified atom stereocenters. The van der Waals surface area contributed by atoms with Crippen molar-refractivity contribution in [2.45, 2.75) is 38.9 Å². The fourth-order valence-corrected chi connectivity index (χ4v) is 0.505. The Morgan fingerprint density at radius 3 is 1.13 bits per heavy atom. The minimum absolute atomic E-state index is 0. The normalized spacial score (nSPS) is 12.5. The highest BCUT2D eigenvalue weighted by molar-refractivity contribution is 5.67. The van der Waals surface area contributed by atoms with E-state index in [4.69, 9.17) is 20.4 Å². The van der Waals surface area contributed by atoms with Crippen LogP contribution in [0.2, 0.25) is 0 Å². The molecule has 6 N–H and O–H groups in total. The van der Waals surface area contributed by atoms with Crippen LogP contribution in [0.4, 0.5) is 0 Å². The third-order valence-corrected chi connectivity index (χ3v) is 0.940. The number of rotatable bonds is 4. The average Bonchev–Trinajstić information content (AvgIpc) is 1.79. The van der Waals surface area contributed by atoms with E-state index in [9.17, 15) is 9.59 Å². The van der Waals surface area contributed by atoms with Crippen molar-refractivity contribution >= 4 is 11.9 Å². The van der Waals surface area contributed by atoms with Gasteiger partial charge in [-0.1, -0.05) is 0 Å². The molecule has 15 heavy (non-hydrogen) atoms. The largest absolute Gasteiger partial charge is 0.481 e. The number of aliphatic hydroxyl groups excluding tert-OH is 2. The van der Waals surface area contributed by atoms with Gasteiger partial charge in [-0.05, 0) is 13.8 Å². The summed E-state index contributed by atoms with van der Waals surface area (Å²) in [5.74, 6) is -1.93. The maximum absolute atomic E-state index is 9.65. The zero-order valence-electron chi connectivity index (χ0n) is 8.67. The van der Waals surface area contributed by atoms with Crippen molar-refractivity contribution in [1.29, 1.82) is 0 Å². The van der Waals surface area contributed by atoms with Gasteiger partial charge in [-0.25, -0.2) is 0 Å². The maximum atomic E-state index is 9.65. The molecule has 0 amide bonds. The van der Waals surface area contributed by atoms with Gasteiger partial charge >= 0.3 is 11.9 Å². The number of carboxylic acid groups (broad SMARTS) is 2. The predicted octanol–water partition coefficient (Wildman–Crippen LogP) is -1.14. The molecule has 92 valence electrons. The molecule has 0 aromatic heterocycles. The molecule has 0 fully saturated rings. The van der Waals surface area contributed by atoms with Crippen molar-refractivity contribution in [2.24, 2.45) is 0 Å². The standard InChI is InChI=1S/2C4H8O3.H2O/c2*1-3(5)2-4(6)7;/h2*3,5H,2H2,1H3,(H,6,7);1H2/t2*3-;/m11./s1. The Balaban J connectivity index is -0.000000180. The van der Waals surface area contributed by atoms with Gasteiger partial charge in [0.15, 0.2) is 0 Å². The fraction of sp³-hybridized carbons (Fsp3) is 0.750. The first-order valence-corrected chi connectivity index (χ1v) is 4.05. The molecular formula is C8H18O7. The summed E-state index contributed by atoms with van der Waals surface area (Å²) in [6.07, 6.45) is -1.78. The van der Waals surface area contributed by atoms with Gasteiger partial charge in [0.25, 0.3) is 0 Å². The van der Waals surface area contributed by atoms with Crippen molar-refractivity contribution in [3.8, 4) is 0 Å². The third-order valence-electron chi connectivity index (χ3n) is 0.940. The van der Waals surface area contributed by atoms with E-state index in [1.807, 2.05) is 0 Å². The zero-order valence-corrected chi connectivity index (χ0v) is 8.67. The summed E-state index contributed by atoms with van der Waals surface area (Å²) in [6.45, 7) is 2.88. The van der Waals surface area contributed by atoms with Crippen LogP contribution in [0.15, 0.2) is 0 Å². The van der Waals surface area contributed by atoms with Crippen molar-refractivity contribution in [1.82, 2.24) is 0 Å². The maximum Gasteiger partial charge on any atom is 0.305 e. The van der Waals surface area contributed by atoms with Gasteiger partial charge in [0.05, 0.1) is 25.0 Å². The summed E-state index contributed by atoms with van der Waals surface area (Å²) < 4.78 is 0. The van der Waals surface area contributed by atoms with Crippen molar-refractivity contribution in [3.05, 3.63) is 0 Å². The lowest BCUT2D eigenvalue weighted by Crippen LogP contribution is -2.07. The lowest BCUT2D eigenvalue weighted by atomic mass is 10.3. The van der Waals surface area contributed by atoms with Gasteiger partial charge in [-0.3, -0.25) is 9.59 Å². The van der Waals surface area contributed by atoms with E-state index < -0.39 is 24.1 Å². The molecule has 0 heterocycles. The molecule has 0 aliphatic rings. The summed E-state index contributed by atoms with van der Waals surface area (Å²) >= 11 is 0. The van der Waals surface area contributed by atoms with Crippen LogP contribution in [0, 0.1) is 0 Å². The minimum Gasteiger partial charge on any atom is -0.481 e. The summed E-state index contributed by atoms with van der Waals surface area (Å²) in [6, 6.07) is 0. The van der Waals surface area contributed by atoms with Gasteiger partial charge in [0.2, 0.25) is 0 Å². The summed E-state index contributed by atoms with van der Waals surface area (Å²) in [7, 11) is 0. The summed E-state index contributed by atoms with van der Waals surface area (Å²) in [5.41, 5.74) is 0. The Labute approximate surface area is 87.3 Å². The van der Waals surface area contributed by atoms with Gasteiger partial charge < -0.3 is 25.9 Å². The van der Waals surface area contributed by atoms with Gasteiger partial charge in [0.1, 0.15) is 0 Å². The van der Waals surface area contributed by atoms with Crippen LogP contribution in [-0.2, 0) is 9.59 Å². The van der Waals surface area contributed by atoms with Crippen LogP contribution in [0.3, 0.4) is 0 Å². The average molecular weight is 226 g/mol. The highest BCUT2D eigenvalue weighted by atomic mass is 16.4. The molecule has 0 aliphatic carbocycles. The minimum atomic E-state index is -0.963. The van der Waals surface area contributed by atoms with Crippen molar-refractivity contribution < 1.29 is 35.5 Å². The molecule has 0 aliphatic heterocycles. The van der Waals surface area contributed by atoms with E-state index in [-0.39, 0.29) is 18.3 Å². The molecule has 7 heteroatoms. The van der Waals surface area contributed by atoms with Crippen molar-refractivity contribution in [2.75, 3.05) is 0 Å². The Morgan fingerprint density at radius 1 is 0.933 bits per heavy atom. The molecular weight excluding hydrogens is 208 g/mol. The molecule has 0 saturated heterocycles. The van der Waals surface area contributed by atoms with E-state index in [0.29, 0.717) is 0 Å². The lowest BCUT2D eigenvalue weighted by Gasteiger charge is -1.94. The molecule has 0 rings (SSSR count). The van der Waals surface area contributed by atoms with Gasteiger partial charge in [-0.2, -0.15) is 0 Å². The molecule has 0 aromatic rings.